The van der Waals surface area contributed by atoms with Crippen LogP contribution in [0.15, 0.2) is 17.5 Å². The molecule has 4 rings (SSSR count). The van der Waals surface area contributed by atoms with Crippen molar-refractivity contribution < 1.29 is 14.3 Å². The van der Waals surface area contributed by atoms with Crippen LogP contribution < -0.4 is 5.32 Å². The van der Waals surface area contributed by atoms with Gasteiger partial charge in [-0.15, -0.1) is 11.3 Å². The summed E-state index contributed by atoms with van der Waals surface area (Å²) >= 11 is 1.29. The maximum atomic E-state index is 13.3. The van der Waals surface area contributed by atoms with Crippen molar-refractivity contribution in [3.63, 3.8) is 0 Å². The number of carbonyl (C=O) groups is 2. The summed E-state index contributed by atoms with van der Waals surface area (Å²) < 4.78 is 7.05. The van der Waals surface area contributed by atoms with Crippen LogP contribution in [0.5, 0.6) is 0 Å². The van der Waals surface area contributed by atoms with Gasteiger partial charge in [-0.2, -0.15) is 5.10 Å². The fraction of sp³-hybridized carbons (Fsp3) is 0.542. The van der Waals surface area contributed by atoms with Gasteiger partial charge in [-0.3, -0.25) is 10.1 Å². The highest BCUT2D eigenvalue weighted by Crippen LogP contribution is 2.26. The molecule has 3 aromatic heterocycles. The number of nitrogens with zero attached hydrogens (tertiary/aromatic N) is 5. The van der Waals surface area contributed by atoms with Crippen molar-refractivity contribution in [2.75, 3.05) is 11.9 Å². The lowest BCUT2D eigenvalue weighted by Crippen LogP contribution is -2.38. The number of carbonyl (C=O) groups excluding carboxylic acids is 2. The first kappa shape index (κ1) is 24.1. The average molecular weight is 485 g/mol. The molecule has 4 heterocycles. The molecular weight excluding hydrogens is 452 g/mol. The zero-order valence-corrected chi connectivity index (χ0v) is 21.2. The van der Waals surface area contributed by atoms with E-state index >= 15 is 0 Å². The van der Waals surface area contributed by atoms with Crippen LogP contribution in [0, 0.1) is 0 Å². The smallest absolute Gasteiger partial charge is 0.413 e. The number of hydrogen-bond donors (Lipinski definition) is 1. The summed E-state index contributed by atoms with van der Waals surface area (Å²) in [7, 11) is 0. The van der Waals surface area contributed by atoms with E-state index in [0.29, 0.717) is 34.3 Å². The van der Waals surface area contributed by atoms with E-state index in [2.05, 4.69) is 27.3 Å². The third-order valence-electron chi connectivity index (χ3n) is 5.77. The molecule has 3 aromatic rings. The van der Waals surface area contributed by atoms with Crippen molar-refractivity contribution in [2.24, 2.45) is 0 Å². The maximum absolute atomic E-state index is 13.3. The van der Waals surface area contributed by atoms with E-state index in [4.69, 9.17) is 4.74 Å². The molecule has 1 aliphatic rings. The van der Waals surface area contributed by atoms with Crippen LogP contribution in [-0.2, 0) is 11.2 Å². The molecule has 0 aliphatic carbocycles. The van der Waals surface area contributed by atoms with Crippen molar-refractivity contribution in [3.8, 4) is 11.4 Å². The van der Waals surface area contributed by atoms with Gasteiger partial charge < -0.3 is 9.64 Å². The molecule has 1 aliphatic heterocycles. The fourth-order valence-electron chi connectivity index (χ4n) is 4.09. The Morgan fingerprint density at radius 3 is 2.71 bits per heavy atom. The van der Waals surface area contributed by atoms with Crippen molar-refractivity contribution in [3.05, 3.63) is 28.9 Å². The molecule has 10 heteroatoms. The Kier molecular flexibility index (Phi) is 6.88. The molecule has 1 unspecified atom stereocenters. The fourth-order valence-corrected chi connectivity index (χ4v) is 4.78. The van der Waals surface area contributed by atoms with E-state index < -0.39 is 11.7 Å². The van der Waals surface area contributed by atoms with Crippen molar-refractivity contribution in [1.82, 2.24) is 24.5 Å². The van der Waals surface area contributed by atoms with E-state index in [1.54, 1.807) is 25.3 Å². The second-order valence-corrected chi connectivity index (χ2v) is 10.5. The largest absolute Gasteiger partial charge is 0.444 e. The Hall–Kier alpha value is -3.01. The minimum absolute atomic E-state index is 0.0214. The Morgan fingerprint density at radius 1 is 1.18 bits per heavy atom. The second-order valence-electron chi connectivity index (χ2n) is 9.65. The molecule has 0 spiro atoms. The highest BCUT2D eigenvalue weighted by atomic mass is 32.1. The third-order valence-corrected chi connectivity index (χ3v) is 6.53. The highest BCUT2D eigenvalue weighted by Gasteiger charge is 2.25. The molecule has 1 atom stereocenters. The molecule has 0 radical (unpaired) electrons. The standard InChI is InChI=1S/C24H32N6O3S/c1-6-16-12-18(21(31)29-11-9-7-8-10-15(29)2)25-20-13-17(28-30(16)20)19-14-34-22(26-19)27-23(32)33-24(3,4)5/h12-15H,6-11H2,1-5H3,(H,26,27,32). The van der Waals surface area contributed by atoms with Crippen LogP contribution >= 0.6 is 11.3 Å². The van der Waals surface area contributed by atoms with E-state index in [0.717, 1.165) is 37.9 Å². The van der Waals surface area contributed by atoms with Crippen LogP contribution in [0.3, 0.4) is 0 Å². The summed E-state index contributed by atoms with van der Waals surface area (Å²) in [5.41, 5.74) is 2.63. The summed E-state index contributed by atoms with van der Waals surface area (Å²) in [5.74, 6) is -0.0214. The van der Waals surface area contributed by atoms with E-state index in [1.807, 2.05) is 29.3 Å². The van der Waals surface area contributed by atoms with Gasteiger partial charge >= 0.3 is 6.09 Å². The van der Waals surface area contributed by atoms with Crippen molar-refractivity contribution >= 4 is 34.1 Å². The van der Waals surface area contributed by atoms with Gasteiger partial charge in [0, 0.05) is 29.7 Å². The molecule has 0 bridgehead atoms. The van der Waals surface area contributed by atoms with Crippen molar-refractivity contribution in [2.45, 2.75) is 78.4 Å². The molecule has 0 aromatic carbocycles. The minimum Gasteiger partial charge on any atom is -0.444 e. The number of aromatic nitrogens is 4. The number of hydrogen-bond acceptors (Lipinski definition) is 7. The molecule has 34 heavy (non-hydrogen) atoms. The number of rotatable bonds is 4. The first-order valence-electron chi connectivity index (χ1n) is 11.8. The van der Waals surface area contributed by atoms with E-state index in [-0.39, 0.29) is 11.9 Å². The molecule has 9 nitrogen and oxygen atoms in total. The SMILES string of the molecule is CCc1cc(C(=O)N2CCCCCC2C)nc2cc(-c3csc(NC(=O)OC(C)(C)C)n3)nn12. The predicted octanol–water partition coefficient (Wildman–Crippen LogP) is 5.17. The van der Waals surface area contributed by atoms with Crippen LogP contribution in [0.2, 0.25) is 0 Å². The first-order chi connectivity index (χ1) is 16.1. The lowest BCUT2D eigenvalue weighted by Gasteiger charge is -2.27. The second kappa shape index (κ2) is 9.69. The summed E-state index contributed by atoms with van der Waals surface area (Å²) in [6.45, 7) is 10.3. The Labute approximate surface area is 203 Å². The number of fused-ring (bicyclic) bond motifs is 1. The molecule has 1 fully saturated rings. The summed E-state index contributed by atoms with van der Waals surface area (Å²) in [6, 6.07) is 3.89. The topological polar surface area (TPSA) is 102 Å². The normalized spacial score (nSPS) is 17.0. The minimum atomic E-state index is -0.589. The number of nitrogens with one attached hydrogen (secondary N) is 1. The Balaban J connectivity index is 1.60. The van der Waals surface area contributed by atoms with Gasteiger partial charge in [-0.1, -0.05) is 19.8 Å². The predicted molar refractivity (Wildman–Crippen MR) is 132 cm³/mol. The quantitative estimate of drug-likeness (QED) is 0.548. The van der Waals surface area contributed by atoms with E-state index in [1.165, 1.54) is 11.3 Å². The van der Waals surface area contributed by atoms with Gasteiger partial charge in [0.05, 0.1) is 0 Å². The van der Waals surface area contributed by atoms with Crippen LogP contribution in [0.1, 0.15) is 76.5 Å². The molecule has 1 N–H and O–H groups in total. The number of aryl methyl sites for hydroxylation is 1. The molecule has 1 saturated heterocycles. The number of likely N-dealkylation sites (tertiary alicyclic amines) is 1. The van der Waals surface area contributed by atoms with Crippen LogP contribution in [-0.4, -0.2) is 54.7 Å². The maximum Gasteiger partial charge on any atom is 0.413 e. The first-order valence-corrected chi connectivity index (χ1v) is 12.7. The lowest BCUT2D eigenvalue weighted by atomic mass is 10.1. The highest BCUT2D eigenvalue weighted by molar-refractivity contribution is 7.14. The number of thiazole rings is 1. The Bertz CT molecular complexity index is 1200. The molecular formula is C24H32N6O3S. The van der Waals surface area contributed by atoms with Gasteiger partial charge in [0.25, 0.3) is 5.91 Å². The molecule has 2 amide bonds. The monoisotopic (exact) mass is 484 g/mol. The Morgan fingerprint density at radius 2 is 1.97 bits per heavy atom. The molecule has 0 saturated carbocycles. The lowest BCUT2D eigenvalue weighted by molar-refractivity contribution is 0.0634. The van der Waals surface area contributed by atoms with Gasteiger partial charge in [-0.05, 0) is 53.0 Å². The van der Waals surface area contributed by atoms with Crippen LogP contribution in [0.4, 0.5) is 9.93 Å². The third kappa shape index (κ3) is 5.38. The zero-order valence-electron chi connectivity index (χ0n) is 20.4. The van der Waals surface area contributed by atoms with Crippen LogP contribution in [0.25, 0.3) is 17.0 Å². The summed E-state index contributed by atoms with van der Waals surface area (Å²) in [4.78, 5) is 36.5. The van der Waals surface area contributed by atoms with E-state index in [9.17, 15) is 9.59 Å². The van der Waals surface area contributed by atoms with Gasteiger partial charge in [-0.25, -0.2) is 19.3 Å². The van der Waals surface area contributed by atoms with Crippen molar-refractivity contribution in [1.29, 1.82) is 0 Å². The van der Waals surface area contributed by atoms with Gasteiger partial charge in [0.15, 0.2) is 10.8 Å². The number of ether oxygens (including phenoxy) is 1. The van der Waals surface area contributed by atoms with Gasteiger partial charge in [0.1, 0.15) is 22.7 Å². The summed E-state index contributed by atoms with van der Waals surface area (Å²) in [5, 5.41) is 9.59. The van der Waals surface area contributed by atoms with Gasteiger partial charge in [0.2, 0.25) is 0 Å². The number of amides is 2. The molecule has 182 valence electrons. The average Bonchev–Trinajstić information content (AvgIpc) is 3.34. The number of anilines is 1. The summed E-state index contributed by atoms with van der Waals surface area (Å²) in [6.07, 6.45) is 4.52. The zero-order chi connectivity index (χ0) is 24.5.